The van der Waals surface area contributed by atoms with Crippen molar-refractivity contribution >= 4 is 34.5 Å². The summed E-state index contributed by atoms with van der Waals surface area (Å²) in [6.07, 6.45) is 1.78. The van der Waals surface area contributed by atoms with E-state index in [1.165, 1.54) is 0 Å². The minimum atomic E-state index is -0.237. The van der Waals surface area contributed by atoms with Crippen molar-refractivity contribution in [3.05, 3.63) is 95.8 Å². The molecule has 0 fully saturated rings. The molecule has 3 aromatic carbocycles. The Labute approximate surface area is 197 Å². The summed E-state index contributed by atoms with van der Waals surface area (Å²) >= 11 is 0. The van der Waals surface area contributed by atoms with Crippen LogP contribution in [0, 0.1) is 0 Å². The molecule has 7 heteroatoms. The van der Waals surface area contributed by atoms with Gasteiger partial charge in [-0.1, -0.05) is 54.6 Å². The van der Waals surface area contributed by atoms with E-state index in [4.69, 9.17) is 4.74 Å². The van der Waals surface area contributed by atoms with Crippen molar-refractivity contribution in [3.8, 4) is 5.75 Å². The minimum absolute atomic E-state index is 0.0465. The number of nitrogens with one attached hydrogen (secondary N) is 3. The molecule has 0 bridgehead atoms. The molecule has 2 amide bonds. The molecule has 0 saturated carbocycles. The maximum absolute atomic E-state index is 13.2. The number of aromatic nitrogens is 2. The van der Waals surface area contributed by atoms with E-state index in [1.54, 1.807) is 18.2 Å². The second kappa shape index (κ2) is 11.0. The molecule has 3 N–H and O–H groups in total. The molecule has 1 aromatic heterocycles. The van der Waals surface area contributed by atoms with Crippen molar-refractivity contribution in [2.75, 3.05) is 13.2 Å². The summed E-state index contributed by atoms with van der Waals surface area (Å²) < 4.78 is 5.51. The lowest BCUT2D eigenvalue weighted by Crippen LogP contribution is -2.28. The number of para-hydroxylation sites is 2. The number of fused-ring (bicyclic) bond motifs is 1. The SMILES string of the molecule is CCNC(=O)COc1ccc(/C=C(/C(=O)NCc2ccccc2)c2nc3ccccc3[nH]2)cc1. The third kappa shape index (κ3) is 5.89. The van der Waals surface area contributed by atoms with Gasteiger partial charge in [0.15, 0.2) is 6.61 Å². The highest BCUT2D eigenvalue weighted by Crippen LogP contribution is 2.21. The number of hydrogen-bond acceptors (Lipinski definition) is 4. The number of imidazole rings is 1. The molecule has 0 aliphatic heterocycles. The first-order valence-electron chi connectivity index (χ1n) is 11.1. The van der Waals surface area contributed by atoms with Crippen LogP contribution in [0.4, 0.5) is 0 Å². The van der Waals surface area contributed by atoms with Crippen LogP contribution in [0.1, 0.15) is 23.9 Å². The molecular formula is C27H26N4O3. The molecule has 172 valence electrons. The van der Waals surface area contributed by atoms with Crippen LogP contribution in [0.2, 0.25) is 0 Å². The maximum Gasteiger partial charge on any atom is 0.257 e. The Bertz CT molecular complexity index is 1260. The van der Waals surface area contributed by atoms with Crippen molar-refractivity contribution in [1.29, 1.82) is 0 Å². The average molecular weight is 455 g/mol. The lowest BCUT2D eigenvalue weighted by atomic mass is 10.1. The van der Waals surface area contributed by atoms with Crippen molar-refractivity contribution in [2.24, 2.45) is 0 Å². The smallest absolute Gasteiger partial charge is 0.257 e. The Balaban J connectivity index is 1.56. The van der Waals surface area contributed by atoms with Crippen LogP contribution in [-0.2, 0) is 16.1 Å². The predicted octanol–water partition coefficient (Wildman–Crippen LogP) is 3.93. The Morgan fingerprint density at radius 1 is 0.941 bits per heavy atom. The summed E-state index contributed by atoms with van der Waals surface area (Å²) in [7, 11) is 0. The molecule has 0 saturated heterocycles. The summed E-state index contributed by atoms with van der Waals surface area (Å²) in [6, 6.07) is 24.6. The largest absolute Gasteiger partial charge is 0.484 e. The second-order valence-corrected chi connectivity index (χ2v) is 7.64. The molecule has 0 spiro atoms. The topological polar surface area (TPSA) is 96.1 Å². The number of hydrogen-bond donors (Lipinski definition) is 3. The molecular weight excluding hydrogens is 428 g/mol. The van der Waals surface area contributed by atoms with Gasteiger partial charge in [0.25, 0.3) is 11.8 Å². The molecule has 34 heavy (non-hydrogen) atoms. The van der Waals surface area contributed by atoms with Crippen LogP contribution in [0.5, 0.6) is 5.75 Å². The van der Waals surface area contributed by atoms with Gasteiger partial charge in [-0.2, -0.15) is 0 Å². The standard InChI is InChI=1S/C27H26N4O3/c1-2-28-25(32)18-34-21-14-12-19(13-15-21)16-22(26-30-23-10-6-7-11-24(23)31-26)27(33)29-17-20-8-4-3-5-9-20/h3-16H,2,17-18H2,1H3,(H,28,32)(H,29,33)(H,30,31)/b22-16+. The fourth-order valence-electron chi connectivity index (χ4n) is 3.42. The quantitative estimate of drug-likeness (QED) is 0.334. The first-order chi connectivity index (χ1) is 16.6. The van der Waals surface area contributed by atoms with E-state index in [2.05, 4.69) is 20.6 Å². The Morgan fingerprint density at radius 2 is 1.68 bits per heavy atom. The number of carbonyl (C=O) groups is 2. The second-order valence-electron chi connectivity index (χ2n) is 7.64. The van der Waals surface area contributed by atoms with Gasteiger partial charge in [0, 0.05) is 13.1 Å². The summed E-state index contributed by atoms with van der Waals surface area (Å²) in [4.78, 5) is 32.7. The molecule has 4 aromatic rings. The van der Waals surface area contributed by atoms with Gasteiger partial charge >= 0.3 is 0 Å². The van der Waals surface area contributed by atoms with Gasteiger partial charge in [0.2, 0.25) is 0 Å². The van der Waals surface area contributed by atoms with Gasteiger partial charge in [0.05, 0.1) is 16.6 Å². The van der Waals surface area contributed by atoms with Crippen molar-refractivity contribution < 1.29 is 14.3 Å². The molecule has 0 unspecified atom stereocenters. The fraction of sp³-hybridized carbons (Fsp3) is 0.148. The van der Waals surface area contributed by atoms with Gasteiger partial charge in [0.1, 0.15) is 11.6 Å². The number of ether oxygens (including phenoxy) is 1. The summed E-state index contributed by atoms with van der Waals surface area (Å²) in [5, 5.41) is 5.67. The first-order valence-corrected chi connectivity index (χ1v) is 11.1. The first kappa shape index (κ1) is 22.8. The van der Waals surface area contributed by atoms with E-state index in [-0.39, 0.29) is 18.4 Å². The van der Waals surface area contributed by atoms with E-state index >= 15 is 0 Å². The highest BCUT2D eigenvalue weighted by atomic mass is 16.5. The van der Waals surface area contributed by atoms with Gasteiger partial charge in [-0.3, -0.25) is 9.59 Å². The zero-order valence-corrected chi connectivity index (χ0v) is 18.9. The Morgan fingerprint density at radius 3 is 2.41 bits per heavy atom. The number of rotatable bonds is 9. The number of benzene rings is 3. The van der Waals surface area contributed by atoms with Gasteiger partial charge in [-0.25, -0.2) is 4.98 Å². The molecule has 1 heterocycles. The third-order valence-corrected chi connectivity index (χ3v) is 5.12. The molecule has 7 nitrogen and oxygen atoms in total. The van der Waals surface area contributed by atoms with Crippen LogP contribution in [0.3, 0.4) is 0 Å². The summed E-state index contributed by atoms with van der Waals surface area (Å²) in [5.74, 6) is 0.652. The van der Waals surface area contributed by atoms with Crippen molar-refractivity contribution in [3.63, 3.8) is 0 Å². The van der Waals surface area contributed by atoms with E-state index in [0.717, 1.165) is 22.2 Å². The van der Waals surface area contributed by atoms with Crippen LogP contribution in [0.25, 0.3) is 22.7 Å². The Kier molecular flexibility index (Phi) is 7.35. The summed E-state index contributed by atoms with van der Waals surface area (Å²) in [6.45, 7) is 2.77. The fourth-order valence-corrected chi connectivity index (χ4v) is 3.42. The number of amides is 2. The van der Waals surface area contributed by atoms with E-state index in [9.17, 15) is 9.59 Å². The monoisotopic (exact) mass is 454 g/mol. The van der Waals surface area contributed by atoms with Gasteiger partial charge in [-0.05, 0) is 48.4 Å². The van der Waals surface area contributed by atoms with Crippen LogP contribution < -0.4 is 15.4 Å². The molecule has 0 aliphatic rings. The van der Waals surface area contributed by atoms with Gasteiger partial charge in [-0.15, -0.1) is 0 Å². The van der Waals surface area contributed by atoms with Crippen LogP contribution in [0.15, 0.2) is 78.9 Å². The molecule has 0 atom stereocenters. The lowest BCUT2D eigenvalue weighted by molar-refractivity contribution is -0.123. The van der Waals surface area contributed by atoms with Gasteiger partial charge < -0.3 is 20.4 Å². The normalized spacial score (nSPS) is 11.3. The van der Waals surface area contributed by atoms with Crippen molar-refractivity contribution in [2.45, 2.75) is 13.5 Å². The minimum Gasteiger partial charge on any atom is -0.484 e. The number of carbonyl (C=O) groups excluding carboxylic acids is 2. The third-order valence-electron chi connectivity index (χ3n) is 5.12. The predicted molar refractivity (Wildman–Crippen MR) is 133 cm³/mol. The van der Waals surface area contributed by atoms with E-state index < -0.39 is 0 Å². The van der Waals surface area contributed by atoms with Crippen LogP contribution in [-0.4, -0.2) is 34.9 Å². The summed E-state index contributed by atoms with van der Waals surface area (Å²) in [5.41, 5.74) is 3.87. The Hall–Kier alpha value is -4.39. The number of nitrogens with zero attached hydrogens (tertiary/aromatic N) is 1. The highest BCUT2D eigenvalue weighted by Gasteiger charge is 2.16. The number of likely N-dealkylation sites (N-methyl/N-ethyl adjacent to an activating group) is 1. The van der Waals surface area contributed by atoms with Crippen LogP contribution >= 0.6 is 0 Å². The van der Waals surface area contributed by atoms with E-state index in [0.29, 0.717) is 30.2 Å². The zero-order chi connectivity index (χ0) is 23.8. The zero-order valence-electron chi connectivity index (χ0n) is 18.9. The lowest BCUT2D eigenvalue weighted by Gasteiger charge is -2.09. The highest BCUT2D eigenvalue weighted by molar-refractivity contribution is 6.23. The number of aromatic amines is 1. The molecule has 4 rings (SSSR count). The average Bonchev–Trinajstić information content (AvgIpc) is 3.30. The maximum atomic E-state index is 13.2. The van der Waals surface area contributed by atoms with Crippen molar-refractivity contribution in [1.82, 2.24) is 20.6 Å². The number of H-pyrrole nitrogens is 1. The molecule has 0 aliphatic carbocycles. The van der Waals surface area contributed by atoms with E-state index in [1.807, 2.05) is 73.7 Å². The molecule has 0 radical (unpaired) electrons.